The lowest BCUT2D eigenvalue weighted by atomic mass is 10.2. The maximum absolute atomic E-state index is 11.9. The molecule has 21 heavy (non-hydrogen) atoms. The fourth-order valence-corrected chi connectivity index (χ4v) is 3.16. The molecular weight excluding hydrogens is 331 g/mol. The van der Waals surface area contributed by atoms with E-state index in [1.807, 2.05) is 13.8 Å². The predicted octanol–water partition coefficient (Wildman–Crippen LogP) is 3.71. The van der Waals surface area contributed by atoms with Crippen molar-refractivity contribution in [2.24, 2.45) is 0 Å². The van der Waals surface area contributed by atoms with Gasteiger partial charge in [-0.25, -0.2) is 0 Å². The zero-order valence-electron chi connectivity index (χ0n) is 11.7. The number of amides is 1. The van der Waals surface area contributed by atoms with E-state index in [4.69, 9.17) is 23.2 Å². The molecule has 1 aromatic carbocycles. The molecule has 0 bridgehead atoms. The molecule has 0 spiro atoms. The molecule has 8 heteroatoms. The number of benzene rings is 1. The van der Waals surface area contributed by atoms with Crippen LogP contribution in [0.15, 0.2) is 6.07 Å². The third kappa shape index (κ3) is 3.75. The van der Waals surface area contributed by atoms with Crippen molar-refractivity contribution in [3.05, 3.63) is 16.1 Å². The number of hydrogen-bond acceptors (Lipinski definition) is 5. The Morgan fingerprint density at radius 2 is 1.90 bits per heavy atom. The molecule has 114 valence electrons. The van der Waals surface area contributed by atoms with Crippen molar-refractivity contribution in [2.75, 3.05) is 11.9 Å². The van der Waals surface area contributed by atoms with E-state index < -0.39 is 0 Å². The maximum atomic E-state index is 11.9. The molecule has 5 nitrogen and oxygen atoms in total. The molecular formula is C13H16Cl2N4OS. The van der Waals surface area contributed by atoms with Crippen LogP contribution in [-0.4, -0.2) is 27.2 Å². The molecule has 2 N–H and O–H groups in total. The second-order valence-corrected chi connectivity index (χ2v) is 5.95. The summed E-state index contributed by atoms with van der Waals surface area (Å²) in [5.41, 5.74) is 1.77. The van der Waals surface area contributed by atoms with Gasteiger partial charge >= 0.3 is 0 Å². The first-order chi connectivity index (χ1) is 10.1. The van der Waals surface area contributed by atoms with Gasteiger partial charge in [0.1, 0.15) is 11.0 Å². The molecule has 1 heterocycles. The minimum Gasteiger partial charge on any atom is -0.373 e. The molecule has 0 unspecified atom stereocenters. The van der Waals surface area contributed by atoms with Crippen molar-refractivity contribution in [3.63, 3.8) is 0 Å². The quantitative estimate of drug-likeness (QED) is 0.836. The fraction of sp³-hybridized carbons (Fsp3) is 0.462. The Kier molecular flexibility index (Phi) is 5.61. The van der Waals surface area contributed by atoms with Gasteiger partial charge in [0.2, 0.25) is 5.91 Å². The molecule has 0 aliphatic heterocycles. The lowest BCUT2D eigenvalue weighted by Crippen LogP contribution is -2.37. The van der Waals surface area contributed by atoms with Gasteiger partial charge in [0.05, 0.1) is 34.0 Å². The van der Waals surface area contributed by atoms with Crippen LogP contribution in [0.1, 0.15) is 26.7 Å². The molecule has 0 aliphatic carbocycles. The molecule has 1 amide bonds. The Morgan fingerprint density at radius 1 is 1.24 bits per heavy atom. The van der Waals surface area contributed by atoms with Crippen molar-refractivity contribution in [1.29, 1.82) is 0 Å². The molecule has 0 aliphatic rings. The summed E-state index contributed by atoms with van der Waals surface area (Å²) < 4.78 is 8.30. The van der Waals surface area contributed by atoms with Gasteiger partial charge in [0.15, 0.2) is 0 Å². The molecule has 2 rings (SSSR count). The SMILES string of the molecule is CCC(CC)NC(=O)CNc1c(Cl)cc(Cl)c2nsnc12. The van der Waals surface area contributed by atoms with Crippen LogP contribution in [-0.2, 0) is 4.79 Å². The Balaban J connectivity index is 2.10. The summed E-state index contributed by atoms with van der Waals surface area (Å²) >= 11 is 13.3. The fourth-order valence-electron chi connectivity index (χ4n) is 1.98. The van der Waals surface area contributed by atoms with Crippen molar-refractivity contribution in [3.8, 4) is 0 Å². The monoisotopic (exact) mass is 346 g/mol. The van der Waals surface area contributed by atoms with Crippen molar-refractivity contribution >= 4 is 57.6 Å². The first-order valence-electron chi connectivity index (χ1n) is 6.70. The molecule has 0 saturated heterocycles. The van der Waals surface area contributed by atoms with E-state index in [1.54, 1.807) is 6.07 Å². The Hall–Kier alpha value is -1.11. The number of halogens is 2. The minimum absolute atomic E-state index is 0.0777. The van der Waals surface area contributed by atoms with E-state index in [-0.39, 0.29) is 18.5 Å². The van der Waals surface area contributed by atoms with Crippen molar-refractivity contribution < 1.29 is 4.79 Å². The summed E-state index contributed by atoms with van der Waals surface area (Å²) in [7, 11) is 0. The highest BCUT2D eigenvalue weighted by Gasteiger charge is 2.15. The van der Waals surface area contributed by atoms with Crippen LogP contribution in [0.25, 0.3) is 11.0 Å². The highest BCUT2D eigenvalue weighted by molar-refractivity contribution is 7.00. The highest BCUT2D eigenvalue weighted by atomic mass is 35.5. The van der Waals surface area contributed by atoms with Gasteiger partial charge in [0.25, 0.3) is 0 Å². The molecule has 0 radical (unpaired) electrons. The van der Waals surface area contributed by atoms with Crippen LogP contribution < -0.4 is 10.6 Å². The third-order valence-corrected chi connectivity index (χ3v) is 4.33. The van der Waals surface area contributed by atoms with Gasteiger partial charge in [0, 0.05) is 6.04 Å². The summed E-state index contributed by atoms with van der Waals surface area (Å²) in [6.07, 6.45) is 1.81. The Bertz CT molecular complexity index is 642. The summed E-state index contributed by atoms with van der Waals surface area (Å²) in [5, 5.41) is 6.86. The number of nitrogens with one attached hydrogen (secondary N) is 2. The van der Waals surface area contributed by atoms with E-state index >= 15 is 0 Å². The van der Waals surface area contributed by atoms with Crippen LogP contribution in [0.3, 0.4) is 0 Å². The van der Waals surface area contributed by atoms with Crippen LogP contribution in [0, 0.1) is 0 Å². The van der Waals surface area contributed by atoms with Crippen LogP contribution >= 0.6 is 34.9 Å². The highest BCUT2D eigenvalue weighted by Crippen LogP contribution is 2.34. The number of nitrogens with zero attached hydrogens (tertiary/aromatic N) is 2. The van der Waals surface area contributed by atoms with Gasteiger partial charge in [-0.1, -0.05) is 37.0 Å². The van der Waals surface area contributed by atoms with Gasteiger partial charge in [-0.05, 0) is 18.9 Å². The average molecular weight is 347 g/mol. The van der Waals surface area contributed by atoms with Crippen LogP contribution in [0.5, 0.6) is 0 Å². The number of hydrogen-bond donors (Lipinski definition) is 2. The standard InChI is InChI=1S/C13H16Cl2N4OS/c1-3-7(4-2)17-10(20)6-16-11-8(14)5-9(15)12-13(11)19-21-18-12/h5,7,16H,3-4,6H2,1-2H3,(H,17,20). The predicted molar refractivity (Wildman–Crippen MR) is 88.4 cm³/mol. The number of aromatic nitrogens is 2. The van der Waals surface area contributed by atoms with Gasteiger partial charge in [-0.3, -0.25) is 4.79 Å². The minimum atomic E-state index is -0.0777. The van der Waals surface area contributed by atoms with Gasteiger partial charge < -0.3 is 10.6 Å². The van der Waals surface area contributed by atoms with Gasteiger partial charge in [-0.2, -0.15) is 8.75 Å². The first kappa shape index (κ1) is 16.3. The number of carbonyl (C=O) groups excluding carboxylic acids is 1. The van der Waals surface area contributed by atoms with Gasteiger partial charge in [-0.15, -0.1) is 0 Å². The van der Waals surface area contributed by atoms with Crippen LogP contribution in [0.4, 0.5) is 5.69 Å². The summed E-state index contributed by atoms with van der Waals surface area (Å²) in [4.78, 5) is 11.9. The molecule has 2 aromatic rings. The topological polar surface area (TPSA) is 66.9 Å². The molecule has 1 aromatic heterocycles. The Labute approximate surface area is 137 Å². The second-order valence-electron chi connectivity index (χ2n) is 4.61. The van der Waals surface area contributed by atoms with Crippen molar-refractivity contribution in [2.45, 2.75) is 32.7 Å². The van der Waals surface area contributed by atoms with Crippen LogP contribution in [0.2, 0.25) is 10.0 Å². The first-order valence-corrected chi connectivity index (χ1v) is 8.18. The summed E-state index contributed by atoms with van der Waals surface area (Å²) in [6, 6.07) is 1.80. The van der Waals surface area contributed by atoms with E-state index in [0.29, 0.717) is 26.8 Å². The molecule has 0 saturated carbocycles. The lowest BCUT2D eigenvalue weighted by molar-refractivity contribution is -0.120. The number of rotatable bonds is 6. The number of carbonyl (C=O) groups is 1. The van der Waals surface area contributed by atoms with E-state index in [9.17, 15) is 4.79 Å². The number of fused-ring (bicyclic) bond motifs is 1. The van der Waals surface area contributed by atoms with Crippen molar-refractivity contribution in [1.82, 2.24) is 14.1 Å². The zero-order valence-corrected chi connectivity index (χ0v) is 14.1. The summed E-state index contributed by atoms with van der Waals surface area (Å²) in [6.45, 7) is 4.22. The molecule has 0 atom stereocenters. The van der Waals surface area contributed by atoms with E-state index in [0.717, 1.165) is 24.6 Å². The number of anilines is 1. The Morgan fingerprint density at radius 3 is 2.57 bits per heavy atom. The average Bonchev–Trinajstić information content (AvgIpc) is 2.94. The summed E-state index contributed by atoms with van der Waals surface area (Å²) in [5.74, 6) is -0.0777. The lowest BCUT2D eigenvalue weighted by Gasteiger charge is -2.15. The molecule has 0 fully saturated rings. The zero-order chi connectivity index (χ0) is 15.4. The smallest absolute Gasteiger partial charge is 0.239 e. The normalized spacial score (nSPS) is 11.1. The second kappa shape index (κ2) is 7.24. The largest absolute Gasteiger partial charge is 0.373 e. The maximum Gasteiger partial charge on any atom is 0.239 e. The van der Waals surface area contributed by atoms with E-state index in [2.05, 4.69) is 19.4 Å². The third-order valence-electron chi connectivity index (χ3n) is 3.22. The van der Waals surface area contributed by atoms with E-state index in [1.165, 1.54) is 0 Å².